The van der Waals surface area contributed by atoms with E-state index in [0.717, 1.165) is 5.56 Å². The molecule has 23 heavy (non-hydrogen) atoms. The topological polar surface area (TPSA) is 59.6 Å². The molecule has 2 aromatic rings. The standard InChI is InChI=1S/C17H19FN2O3/c1-11(12-4-9-15(22-2)16(10-12)23-3)19-17(21)20-14-7-5-13(18)6-8-14/h4-11H,1-3H3,(H2,19,20,21)/t11-/m1/s1. The fourth-order valence-corrected chi connectivity index (χ4v) is 2.10. The van der Waals surface area contributed by atoms with E-state index in [1.54, 1.807) is 20.3 Å². The molecular weight excluding hydrogens is 299 g/mol. The van der Waals surface area contributed by atoms with Gasteiger partial charge in [-0.1, -0.05) is 6.07 Å². The summed E-state index contributed by atoms with van der Waals surface area (Å²) in [5, 5.41) is 5.46. The van der Waals surface area contributed by atoms with Crippen molar-refractivity contribution >= 4 is 11.7 Å². The summed E-state index contributed by atoms with van der Waals surface area (Å²) in [4.78, 5) is 12.0. The Bertz CT molecular complexity index is 674. The van der Waals surface area contributed by atoms with Gasteiger partial charge in [-0.05, 0) is 48.9 Å². The quantitative estimate of drug-likeness (QED) is 0.883. The summed E-state index contributed by atoms with van der Waals surface area (Å²) in [5.74, 6) is 0.867. The van der Waals surface area contributed by atoms with Crippen molar-refractivity contribution in [1.29, 1.82) is 0 Å². The molecule has 0 aliphatic carbocycles. The monoisotopic (exact) mass is 318 g/mol. The Balaban J connectivity index is 2.01. The zero-order valence-corrected chi connectivity index (χ0v) is 13.2. The van der Waals surface area contributed by atoms with Crippen LogP contribution in [0.15, 0.2) is 42.5 Å². The van der Waals surface area contributed by atoms with E-state index in [2.05, 4.69) is 10.6 Å². The average molecular weight is 318 g/mol. The number of rotatable bonds is 5. The summed E-state index contributed by atoms with van der Waals surface area (Å²) in [6.07, 6.45) is 0. The molecule has 1 atom stereocenters. The third kappa shape index (κ3) is 4.35. The van der Waals surface area contributed by atoms with Gasteiger partial charge in [0, 0.05) is 5.69 Å². The second-order valence-corrected chi connectivity index (χ2v) is 4.94. The van der Waals surface area contributed by atoms with Crippen molar-refractivity contribution in [2.45, 2.75) is 13.0 Å². The minimum absolute atomic E-state index is 0.241. The van der Waals surface area contributed by atoms with Gasteiger partial charge in [0.1, 0.15) is 5.82 Å². The number of benzene rings is 2. The molecule has 2 N–H and O–H groups in total. The minimum Gasteiger partial charge on any atom is -0.493 e. The normalized spacial score (nSPS) is 11.5. The van der Waals surface area contributed by atoms with E-state index in [0.29, 0.717) is 17.2 Å². The number of hydrogen-bond donors (Lipinski definition) is 2. The van der Waals surface area contributed by atoms with Gasteiger partial charge >= 0.3 is 6.03 Å². The lowest BCUT2D eigenvalue weighted by Crippen LogP contribution is -2.31. The molecule has 6 heteroatoms. The van der Waals surface area contributed by atoms with E-state index in [4.69, 9.17) is 9.47 Å². The molecule has 0 saturated heterocycles. The number of hydrogen-bond acceptors (Lipinski definition) is 3. The molecule has 0 aliphatic heterocycles. The van der Waals surface area contributed by atoms with Crippen LogP contribution in [0, 0.1) is 5.82 Å². The zero-order chi connectivity index (χ0) is 16.8. The van der Waals surface area contributed by atoms with Gasteiger partial charge in [-0.3, -0.25) is 0 Å². The van der Waals surface area contributed by atoms with Crippen molar-refractivity contribution in [2.75, 3.05) is 19.5 Å². The van der Waals surface area contributed by atoms with E-state index >= 15 is 0 Å². The maximum atomic E-state index is 12.8. The van der Waals surface area contributed by atoms with Gasteiger partial charge < -0.3 is 20.1 Å². The van der Waals surface area contributed by atoms with Crippen LogP contribution in [0.25, 0.3) is 0 Å². The van der Waals surface area contributed by atoms with Crippen LogP contribution in [0.5, 0.6) is 11.5 Å². The molecule has 0 fully saturated rings. The Morgan fingerprint density at radius 3 is 2.30 bits per heavy atom. The molecule has 0 radical (unpaired) electrons. The van der Waals surface area contributed by atoms with Crippen LogP contribution in [0.1, 0.15) is 18.5 Å². The van der Waals surface area contributed by atoms with Crippen molar-refractivity contribution in [1.82, 2.24) is 5.32 Å². The number of amides is 2. The first-order chi connectivity index (χ1) is 11.0. The highest BCUT2D eigenvalue weighted by molar-refractivity contribution is 5.89. The van der Waals surface area contributed by atoms with E-state index in [-0.39, 0.29) is 17.9 Å². The van der Waals surface area contributed by atoms with Crippen molar-refractivity contribution in [3.8, 4) is 11.5 Å². The smallest absolute Gasteiger partial charge is 0.319 e. The summed E-state index contributed by atoms with van der Waals surface area (Å²) < 4.78 is 23.3. The van der Waals surface area contributed by atoms with Gasteiger partial charge in [0.15, 0.2) is 11.5 Å². The first-order valence-corrected chi connectivity index (χ1v) is 7.08. The number of urea groups is 1. The highest BCUT2D eigenvalue weighted by Crippen LogP contribution is 2.29. The fourth-order valence-electron chi connectivity index (χ4n) is 2.10. The van der Waals surface area contributed by atoms with Crippen molar-refractivity contribution in [3.63, 3.8) is 0 Å². The zero-order valence-electron chi connectivity index (χ0n) is 13.2. The highest BCUT2D eigenvalue weighted by atomic mass is 19.1. The second-order valence-electron chi connectivity index (χ2n) is 4.94. The summed E-state index contributed by atoms with van der Waals surface area (Å²) in [6.45, 7) is 1.85. The van der Waals surface area contributed by atoms with Gasteiger partial charge in [0.25, 0.3) is 0 Å². The largest absolute Gasteiger partial charge is 0.493 e. The molecule has 2 amide bonds. The first-order valence-electron chi connectivity index (χ1n) is 7.08. The van der Waals surface area contributed by atoms with Crippen LogP contribution >= 0.6 is 0 Å². The third-order valence-electron chi connectivity index (χ3n) is 3.36. The number of ether oxygens (including phenoxy) is 2. The van der Waals surface area contributed by atoms with Gasteiger partial charge in [-0.15, -0.1) is 0 Å². The molecule has 0 bridgehead atoms. The molecule has 5 nitrogen and oxygen atoms in total. The molecule has 0 saturated carbocycles. The molecule has 0 aromatic heterocycles. The minimum atomic E-state index is -0.376. The van der Waals surface area contributed by atoms with Crippen LogP contribution in [-0.4, -0.2) is 20.3 Å². The van der Waals surface area contributed by atoms with Crippen molar-refractivity contribution in [2.24, 2.45) is 0 Å². The number of methoxy groups -OCH3 is 2. The lowest BCUT2D eigenvalue weighted by molar-refractivity contribution is 0.249. The van der Waals surface area contributed by atoms with Crippen LogP contribution in [0.3, 0.4) is 0 Å². The van der Waals surface area contributed by atoms with Gasteiger partial charge in [-0.25, -0.2) is 9.18 Å². The second kappa shape index (κ2) is 7.49. The number of halogens is 1. The number of nitrogens with one attached hydrogen (secondary N) is 2. The lowest BCUT2D eigenvalue weighted by Gasteiger charge is -2.17. The van der Waals surface area contributed by atoms with Crippen molar-refractivity contribution in [3.05, 3.63) is 53.8 Å². The molecule has 0 heterocycles. The summed E-state index contributed by atoms with van der Waals surface area (Å²) in [7, 11) is 3.12. The van der Waals surface area contributed by atoms with Crippen LogP contribution < -0.4 is 20.1 Å². The number of carbonyl (C=O) groups excluding carboxylic acids is 1. The molecule has 2 aromatic carbocycles. The highest BCUT2D eigenvalue weighted by Gasteiger charge is 2.12. The molecule has 2 rings (SSSR count). The van der Waals surface area contributed by atoms with E-state index in [9.17, 15) is 9.18 Å². The Morgan fingerprint density at radius 1 is 1.04 bits per heavy atom. The molecule has 0 unspecified atom stereocenters. The summed E-state index contributed by atoms with van der Waals surface area (Å²) in [5.41, 5.74) is 1.39. The lowest BCUT2D eigenvalue weighted by atomic mass is 10.1. The SMILES string of the molecule is COc1ccc([C@@H](C)NC(=O)Nc2ccc(F)cc2)cc1OC. The van der Waals surface area contributed by atoms with Gasteiger partial charge in [0.2, 0.25) is 0 Å². The average Bonchev–Trinajstić information content (AvgIpc) is 2.56. The van der Waals surface area contributed by atoms with Crippen LogP contribution in [-0.2, 0) is 0 Å². The maximum Gasteiger partial charge on any atom is 0.319 e. The van der Waals surface area contributed by atoms with E-state index < -0.39 is 0 Å². The predicted octanol–water partition coefficient (Wildman–Crippen LogP) is 3.73. The Hall–Kier alpha value is -2.76. The van der Waals surface area contributed by atoms with E-state index in [1.165, 1.54) is 24.3 Å². The number of anilines is 1. The molecular formula is C17H19FN2O3. The fraction of sp³-hybridized carbons (Fsp3) is 0.235. The molecule has 0 spiro atoms. The Kier molecular flexibility index (Phi) is 5.41. The third-order valence-corrected chi connectivity index (χ3v) is 3.36. The Labute approximate surface area is 134 Å². The van der Waals surface area contributed by atoms with E-state index in [1.807, 2.05) is 19.1 Å². The molecule has 122 valence electrons. The van der Waals surface area contributed by atoms with Gasteiger partial charge in [0.05, 0.1) is 20.3 Å². The van der Waals surface area contributed by atoms with Crippen molar-refractivity contribution < 1.29 is 18.7 Å². The van der Waals surface area contributed by atoms with Gasteiger partial charge in [-0.2, -0.15) is 0 Å². The summed E-state index contributed by atoms with van der Waals surface area (Å²) in [6, 6.07) is 10.4. The van der Waals surface area contributed by atoms with Crippen LogP contribution in [0.4, 0.5) is 14.9 Å². The van der Waals surface area contributed by atoms with Crippen LogP contribution in [0.2, 0.25) is 0 Å². The molecule has 0 aliphatic rings. The first kappa shape index (κ1) is 16.6. The maximum absolute atomic E-state index is 12.8. The number of carbonyl (C=O) groups is 1. The summed E-state index contributed by atoms with van der Waals surface area (Å²) >= 11 is 0. The Morgan fingerprint density at radius 2 is 1.70 bits per heavy atom. The predicted molar refractivity (Wildman–Crippen MR) is 86.5 cm³/mol.